The van der Waals surface area contributed by atoms with Crippen LogP contribution >= 0.6 is 23.4 Å². The molecule has 1 heterocycles. The van der Waals surface area contributed by atoms with E-state index >= 15 is 0 Å². The summed E-state index contributed by atoms with van der Waals surface area (Å²) in [7, 11) is 1.58. The Labute approximate surface area is 121 Å². The van der Waals surface area contributed by atoms with E-state index in [1.807, 2.05) is 30.5 Å². The summed E-state index contributed by atoms with van der Waals surface area (Å²) in [4.78, 5) is 9.43. The predicted molar refractivity (Wildman–Crippen MR) is 76.1 cm³/mol. The van der Waals surface area contributed by atoms with E-state index in [4.69, 9.17) is 21.1 Å². The van der Waals surface area contributed by atoms with Gasteiger partial charge in [-0.15, -0.1) is 11.8 Å². The first kappa shape index (κ1) is 14.1. The third-order valence-electron chi connectivity index (χ3n) is 2.27. The van der Waals surface area contributed by atoms with Crippen LogP contribution in [-0.2, 0) is 11.3 Å². The molecule has 0 aliphatic rings. The number of hydrogen-bond donors (Lipinski definition) is 0. The van der Waals surface area contributed by atoms with Gasteiger partial charge in [-0.3, -0.25) is 0 Å². The van der Waals surface area contributed by atoms with Crippen molar-refractivity contribution in [1.29, 1.82) is 0 Å². The molecule has 0 spiro atoms. The van der Waals surface area contributed by atoms with Gasteiger partial charge in [0.1, 0.15) is 17.5 Å². The molecule has 0 N–H and O–H groups in total. The third kappa shape index (κ3) is 4.09. The first-order valence-electron chi connectivity index (χ1n) is 5.55. The lowest BCUT2D eigenvalue weighted by Crippen LogP contribution is -1.99. The highest BCUT2D eigenvalue weighted by atomic mass is 35.5. The van der Waals surface area contributed by atoms with Crippen molar-refractivity contribution in [2.45, 2.75) is 11.5 Å². The molecule has 6 heteroatoms. The molecule has 0 amide bonds. The number of benzene rings is 1. The second-order valence-electron chi connectivity index (χ2n) is 3.66. The van der Waals surface area contributed by atoms with Crippen LogP contribution in [0, 0.1) is 0 Å². The van der Waals surface area contributed by atoms with Crippen molar-refractivity contribution in [2.75, 3.05) is 13.4 Å². The molecule has 1 aromatic heterocycles. The molecule has 0 aliphatic heterocycles. The fourth-order valence-corrected chi connectivity index (χ4v) is 2.05. The normalized spacial score (nSPS) is 10.5. The lowest BCUT2D eigenvalue weighted by molar-refractivity contribution is 0.177. The van der Waals surface area contributed by atoms with E-state index in [2.05, 4.69) is 9.97 Å². The highest BCUT2D eigenvalue weighted by Crippen LogP contribution is 2.24. The Kier molecular flexibility index (Phi) is 5.01. The first-order valence-corrected chi connectivity index (χ1v) is 7.16. The lowest BCUT2D eigenvalue weighted by atomic mass is 10.3. The zero-order valence-electron chi connectivity index (χ0n) is 10.6. The standard InChI is InChI=1S/C13H13ClN2O2S/c1-17-8-12-15-11(14)7-13(16-12)18-9-3-5-10(19-2)6-4-9/h3-7H,8H2,1-2H3. The summed E-state index contributed by atoms with van der Waals surface area (Å²) in [5.74, 6) is 1.60. The number of aromatic nitrogens is 2. The minimum absolute atomic E-state index is 0.294. The lowest BCUT2D eigenvalue weighted by Gasteiger charge is -2.07. The van der Waals surface area contributed by atoms with Crippen LogP contribution in [0.3, 0.4) is 0 Å². The molecule has 0 saturated carbocycles. The van der Waals surface area contributed by atoms with Crippen LogP contribution in [0.1, 0.15) is 5.82 Å². The Morgan fingerprint density at radius 3 is 2.58 bits per heavy atom. The summed E-state index contributed by atoms with van der Waals surface area (Å²) >= 11 is 7.59. The van der Waals surface area contributed by atoms with Gasteiger partial charge in [-0.1, -0.05) is 11.6 Å². The van der Waals surface area contributed by atoms with Gasteiger partial charge < -0.3 is 9.47 Å². The van der Waals surface area contributed by atoms with Gasteiger partial charge in [-0.2, -0.15) is 4.98 Å². The molecule has 0 radical (unpaired) electrons. The quantitative estimate of drug-likeness (QED) is 0.620. The van der Waals surface area contributed by atoms with E-state index in [9.17, 15) is 0 Å². The number of thioether (sulfide) groups is 1. The maximum absolute atomic E-state index is 5.91. The van der Waals surface area contributed by atoms with Crippen LogP contribution in [0.4, 0.5) is 0 Å². The van der Waals surface area contributed by atoms with Crippen molar-refractivity contribution in [3.63, 3.8) is 0 Å². The molecule has 0 saturated heterocycles. The van der Waals surface area contributed by atoms with Crippen molar-refractivity contribution in [1.82, 2.24) is 9.97 Å². The van der Waals surface area contributed by atoms with Gasteiger partial charge in [0.15, 0.2) is 5.82 Å². The van der Waals surface area contributed by atoms with Gasteiger partial charge in [-0.05, 0) is 30.5 Å². The van der Waals surface area contributed by atoms with Crippen molar-refractivity contribution < 1.29 is 9.47 Å². The smallest absolute Gasteiger partial charge is 0.224 e. The summed E-state index contributed by atoms with van der Waals surface area (Å²) in [5.41, 5.74) is 0. The molecule has 0 aliphatic carbocycles. The van der Waals surface area contributed by atoms with E-state index in [1.54, 1.807) is 24.9 Å². The Balaban J connectivity index is 2.17. The zero-order valence-corrected chi connectivity index (χ0v) is 12.2. The third-order valence-corrected chi connectivity index (χ3v) is 3.21. The van der Waals surface area contributed by atoms with Crippen molar-refractivity contribution >= 4 is 23.4 Å². The summed E-state index contributed by atoms with van der Waals surface area (Å²) < 4.78 is 10.6. The van der Waals surface area contributed by atoms with E-state index in [-0.39, 0.29) is 0 Å². The van der Waals surface area contributed by atoms with Crippen LogP contribution in [0.5, 0.6) is 11.6 Å². The van der Waals surface area contributed by atoms with E-state index in [0.29, 0.717) is 29.2 Å². The summed E-state index contributed by atoms with van der Waals surface area (Å²) in [6, 6.07) is 9.32. The summed E-state index contributed by atoms with van der Waals surface area (Å²) in [6.07, 6.45) is 2.02. The van der Waals surface area contributed by atoms with Crippen LogP contribution in [0.2, 0.25) is 5.15 Å². The van der Waals surface area contributed by atoms with Crippen molar-refractivity contribution in [3.05, 3.63) is 41.3 Å². The average molecular weight is 297 g/mol. The maximum Gasteiger partial charge on any atom is 0.224 e. The number of rotatable bonds is 5. The van der Waals surface area contributed by atoms with Gasteiger partial charge >= 0.3 is 0 Å². The minimum Gasteiger partial charge on any atom is -0.439 e. The van der Waals surface area contributed by atoms with Gasteiger partial charge in [0.05, 0.1) is 0 Å². The van der Waals surface area contributed by atoms with Crippen LogP contribution < -0.4 is 4.74 Å². The summed E-state index contributed by atoms with van der Waals surface area (Å²) in [5, 5.41) is 0.331. The van der Waals surface area contributed by atoms with Crippen molar-refractivity contribution in [3.8, 4) is 11.6 Å². The second-order valence-corrected chi connectivity index (χ2v) is 4.92. The Morgan fingerprint density at radius 2 is 1.95 bits per heavy atom. The maximum atomic E-state index is 5.91. The average Bonchev–Trinajstić information content (AvgIpc) is 2.39. The molecule has 2 rings (SSSR count). The van der Waals surface area contributed by atoms with E-state index in [1.165, 1.54) is 4.90 Å². The molecule has 0 atom stereocenters. The monoisotopic (exact) mass is 296 g/mol. The zero-order chi connectivity index (χ0) is 13.7. The van der Waals surface area contributed by atoms with Crippen LogP contribution in [0.25, 0.3) is 0 Å². The highest BCUT2D eigenvalue weighted by molar-refractivity contribution is 7.98. The number of hydrogen-bond acceptors (Lipinski definition) is 5. The van der Waals surface area contributed by atoms with Gasteiger partial charge in [0.25, 0.3) is 0 Å². The molecule has 0 fully saturated rings. The Bertz CT molecular complexity index is 549. The fourth-order valence-electron chi connectivity index (χ4n) is 1.45. The number of nitrogens with zero attached hydrogens (tertiary/aromatic N) is 2. The molecule has 19 heavy (non-hydrogen) atoms. The fraction of sp³-hybridized carbons (Fsp3) is 0.231. The second kappa shape index (κ2) is 6.75. The molecule has 100 valence electrons. The Hall–Kier alpha value is -1.30. The molecule has 0 unspecified atom stereocenters. The minimum atomic E-state index is 0.294. The van der Waals surface area contributed by atoms with Gasteiger partial charge in [0.2, 0.25) is 5.88 Å². The largest absolute Gasteiger partial charge is 0.439 e. The van der Waals surface area contributed by atoms with E-state index < -0.39 is 0 Å². The predicted octanol–water partition coefficient (Wildman–Crippen LogP) is 3.79. The molecular weight excluding hydrogens is 284 g/mol. The van der Waals surface area contributed by atoms with Crippen LogP contribution in [-0.4, -0.2) is 23.3 Å². The molecule has 2 aromatic rings. The number of methoxy groups -OCH3 is 1. The van der Waals surface area contributed by atoms with Gasteiger partial charge in [0, 0.05) is 18.1 Å². The Morgan fingerprint density at radius 1 is 1.21 bits per heavy atom. The first-order chi connectivity index (χ1) is 9.21. The van der Waals surface area contributed by atoms with E-state index in [0.717, 1.165) is 0 Å². The number of ether oxygens (including phenoxy) is 2. The SMILES string of the molecule is COCc1nc(Cl)cc(Oc2ccc(SC)cc2)n1. The summed E-state index contributed by atoms with van der Waals surface area (Å²) in [6.45, 7) is 0.294. The van der Waals surface area contributed by atoms with Crippen LogP contribution in [0.15, 0.2) is 35.2 Å². The topological polar surface area (TPSA) is 44.2 Å². The molecule has 0 bridgehead atoms. The van der Waals surface area contributed by atoms with Gasteiger partial charge in [-0.25, -0.2) is 4.98 Å². The molecule has 1 aromatic carbocycles. The highest BCUT2D eigenvalue weighted by Gasteiger charge is 2.05. The molecular formula is C13H13ClN2O2S. The molecule has 4 nitrogen and oxygen atoms in total. The number of halogens is 1. The van der Waals surface area contributed by atoms with Crippen molar-refractivity contribution in [2.24, 2.45) is 0 Å².